The Kier molecular flexibility index (Phi) is 5.66. The van der Waals surface area contributed by atoms with E-state index in [9.17, 15) is 0 Å². The Labute approximate surface area is 181 Å². The van der Waals surface area contributed by atoms with E-state index < -0.39 is 0 Å². The molecule has 0 aliphatic carbocycles. The van der Waals surface area contributed by atoms with Crippen LogP contribution in [0.2, 0.25) is 0 Å². The van der Waals surface area contributed by atoms with Crippen molar-refractivity contribution in [1.82, 2.24) is 30.9 Å². The van der Waals surface area contributed by atoms with E-state index in [0.29, 0.717) is 11.7 Å². The predicted octanol–water partition coefficient (Wildman–Crippen LogP) is 3.42. The van der Waals surface area contributed by atoms with Crippen LogP contribution in [0.3, 0.4) is 0 Å². The van der Waals surface area contributed by atoms with Crippen LogP contribution in [0.25, 0.3) is 11.4 Å². The van der Waals surface area contributed by atoms with Crippen molar-refractivity contribution in [1.29, 1.82) is 0 Å². The Morgan fingerprint density at radius 3 is 2.84 bits per heavy atom. The average molecular weight is 412 g/mol. The molecule has 2 atom stereocenters. The molecule has 5 rings (SSSR count). The molecule has 0 spiro atoms. The van der Waals surface area contributed by atoms with Crippen LogP contribution in [-0.4, -0.2) is 38.7 Å². The Hall–Kier alpha value is -3.58. The van der Waals surface area contributed by atoms with E-state index in [1.54, 1.807) is 0 Å². The van der Waals surface area contributed by atoms with Crippen LogP contribution in [0.5, 0.6) is 0 Å². The molecule has 2 aromatic carbocycles. The first-order chi connectivity index (χ1) is 15.4. The van der Waals surface area contributed by atoms with E-state index in [1.807, 2.05) is 18.3 Å². The summed E-state index contributed by atoms with van der Waals surface area (Å²) < 4.78 is 0. The molecule has 0 unspecified atom stereocenters. The molecule has 4 aromatic rings. The van der Waals surface area contributed by atoms with Gasteiger partial charge in [-0.15, -0.1) is 5.10 Å². The van der Waals surface area contributed by atoms with Crippen molar-refractivity contribution in [3.63, 3.8) is 0 Å². The molecular formula is C24H25N7. The quantitative estimate of drug-likeness (QED) is 0.432. The number of nitrogens with zero attached hydrogens (tertiary/aromatic N) is 4. The Bertz CT molecular complexity index is 1110. The van der Waals surface area contributed by atoms with E-state index >= 15 is 0 Å². The molecule has 0 saturated carbocycles. The van der Waals surface area contributed by atoms with Crippen molar-refractivity contribution in [3.8, 4) is 11.4 Å². The first-order valence-electron chi connectivity index (χ1n) is 10.7. The molecule has 0 fully saturated rings. The van der Waals surface area contributed by atoms with Gasteiger partial charge in [-0.25, -0.2) is 5.10 Å². The molecule has 31 heavy (non-hydrogen) atoms. The number of hydrogen-bond acceptors (Lipinski definition) is 6. The van der Waals surface area contributed by atoms with Gasteiger partial charge < -0.3 is 10.6 Å². The number of pyridine rings is 1. The molecule has 0 bridgehead atoms. The second-order valence-electron chi connectivity index (χ2n) is 7.89. The van der Waals surface area contributed by atoms with Gasteiger partial charge >= 0.3 is 0 Å². The number of H-pyrrole nitrogens is 1. The normalized spacial score (nSPS) is 16.3. The van der Waals surface area contributed by atoms with Crippen LogP contribution < -0.4 is 10.6 Å². The van der Waals surface area contributed by atoms with Crippen molar-refractivity contribution in [2.45, 2.75) is 18.9 Å². The standard InChI is InChI=1S/C24H25N7/c1-2-7-18(8-3-1)23(20-15-22-21(27-16-20)10-5-12-25-22)26-13-11-17-6-4-9-19(14-17)24-28-30-31-29-24/h1-10,12,14,20,23,26-27H,11,13,15-16H2,(H,28,29,30,31)/t20-,23-/m1/s1. The molecule has 156 valence electrons. The summed E-state index contributed by atoms with van der Waals surface area (Å²) >= 11 is 0. The number of fused-ring (bicyclic) bond motifs is 1. The van der Waals surface area contributed by atoms with E-state index in [1.165, 1.54) is 11.1 Å². The van der Waals surface area contributed by atoms with Crippen molar-refractivity contribution in [3.05, 3.63) is 89.7 Å². The third-order valence-electron chi connectivity index (χ3n) is 5.85. The first-order valence-corrected chi connectivity index (χ1v) is 10.7. The predicted molar refractivity (Wildman–Crippen MR) is 120 cm³/mol. The van der Waals surface area contributed by atoms with Gasteiger partial charge in [0.2, 0.25) is 0 Å². The second-order valence-corrected chi connectivity index (χ2v) is 7.89. The van der Waals surface area contributed by atoms with Crippen LogP contribution in [-0.2, 0) is 12.8 Å². The molecule has 3 N–H and O–H groups in total. The molecule has 0 amide bonds. The number of anilines is 1. The highest BCUT2D eigenvalue weighted by Gasteiger charge is 2.27. The zero-order valence-electron chi connectivity index (χ0n) is 17.2. The molecule has 2 aromatic heterocycles. The zero-order valence-corrected chi connectivity index (χ0v) is 17.2. The van der Waals surface area contributed by atoms with Gasteiger partial charge in [0.25, 0.3) is 0 Å². The minimum atomic E-state index is 0.255. The maximum absolute atomic E-state index is 4.60. The fourth-order valence-electron chi connectivity index (χ4n) is 4.30. The third-order valence-corrected chi connectivity index (χ3v) is 5.85. The number of aromatic amines is 1. The van der Waals surface area contributed by atoms with Crippen LogP contribution in [0, 0.1) is 5.92 Å². The summed E-state index contributed by atoms with van der Waals surface area (Å²) in [5, 5.41) is 21.6. The molecule has 1 aliphatic rings. The van der Waals surface area contributed by atoms with E-state index in [0.717, 1.165) is 42.9 Å². The van der Waals surface area contributed by atoms with Gasteiger partial charge in [-0.1, -0.05) is 48.5 Å². The highest BCUT2D eigenvalue weighted by atomic mass is 15.5. The summed E-state index contributed by atoms with van der Waals surface area (Å²) in [5.74, 6) is 1.12. The van der Waals surface area contributed by atoms with Gasteiger partial charge in [0.1, 0.15) is 0 Å². The van der Waals surface area contributed by atoms with E-state index in [2.05, 4.69) is 90.8 Å². The highest BCUT2D eigenvalue weighted by Crippen LogP contribution is 2.31. The lowest BCUT2D eigenvalue weighted by atomic mass is 9.86. The van der Waals surface area contributed by atoms with Gasteiger partial charge in [-0.05, 0) is 59.1 Å². The monoisotopic (exact) mass is 411 g/mol. The SMILES string of the molecule is c1ccc([C@@H](NCCc2cccc(-c3nnn[nH]3)c2)[C@H]2CNc3cccnc3C2)cc1. The fourth-order valence-corrected chi connectivity index (χ4v) is 4.30. The molecular weight excluding hydrogens is 386 g/mol. The zero-order chi connectivity index (χ0) is 20.9. The Morgan fingerprint density at radius 1 is 1.03 bits per heavy atom. The maximum atomic E-state index is 4.60. The summed E-state index contributed by atoms with van der Waals surface area (Å²) in [4.78, 5) is 4.60. The minimum Gasteiger partial charge on any atom is -0.383 e. The van der Waals surface area contributed by atoms with Crippen molar-refractivity contribution >= 4 is 5.69 Å². The van der Waals surface area contributed by atoms with Gasteiger partial charge in [0.15, 0.2) is 5.82 Å². The fraction of sp³-hybridized carbons (Fsp3) is 0.250. The molecule has 0 radical (unpaired) electrons. The van der Waals surface area contributed by atoms with Crippen molar-refractivity contribution < 1.29 is 0 Å². The lowest BCUT2D eigenvalue weighted by Gasteiger charge is -2.33. The number of tetrazole rings is 1. The third kappa shape index (κ3) is 4.46. The number of rotatable bonds is 7. The first kappa shape index (κ1) is 19.4. The molecule has 0 saturated heterocycles. The number of hydrogen-bond donors (Lipinski definition) is 3. The van der Waals surface area contributed by atoms with Crippen LogP contribution in [0.4, 0.5) is 5.69 Å². The maximum Gasteiger partial charge on any atom is 0.179 e. The van der Waals surface area contributed by atoms with E-state index in [-0.39, 0.29) is 6.04 Å². The minimum absolute atomic E-state index is 0.255. The lowest BCUT2D eigenvalue weighted by Crippen LogP contribution is -2.37. The molecule has 3 heterocycles. The van der Waals surface area contributed by atoms with Gasteiger partial charge in [-0.3, -0.25) is 4.98 Å². The Balaban J connectivity index is 1.29. The van der Waals surface area contributed by atoms with Gasteiger partial charge in [0, 0.05) is 30.3 Å². The summed E-state index contributed by atoms with van der Waals surface area (Å²) in [5.41, 5.74) is 5.87. The molecule has 7 heteroatoms. The molecule has 1 aliphatic heterocycles. The van der Waals surface area contributed by atoms with Gasteiger partial charge in [-0.2, -0.15) is 0 Å². The van der Waals surface area contributed by atoms with Crippen molar-refractivity contribution in [2.24, 2.45) is 5.92 Å². The van der Waals surface area contributed by atoms with Gasteiger partial charge in [0.05, 0.1) is 11.4 Å². The highest BCUT2D eigenvalue weighted by molar-refractivity contribution is 5.55. The number of benzene rings is 2. The van der Waals surface area contributed by atoms with Crippen LogP contribution in [0.15, 0.2) is 72.9 Å². The molecule has 7 nitrogen and oxygen atoms in total. The second kappa shape index (κ2) is 9.06. The number of aromatic nitrogens is 5. The summed E-state index contributed by atoms with van der Waals surface area (Å²) in [6.07, 6.45) is 3.77. The summed E-state index contributed by atoms with van der Waals surface area (Å²) in [6.45, 7) is 1.81. The van der Waals surface area contributed by atoms with E-state index in [4.69, 9.17) is 0 Å². The summed E-state index contributed by atoms with van der Waals surface area (Å²) in [7, 11) is 0. The lowest BCUT2D eigenvalue weighted by molar-refractivity contribution is 0.365. The van der Waals surface area contributed by atoms with Crippen LogP contribution >= 0.6 is 0 Å². The van der Waals surface area contributed by atoms with Crippen LogP contribution in [0.1, 0.15) is 22.9 Å². The van der Waals surface area contributed by atoms with Crippen molar-refractivity contribution in [2.75, 3.05) is 18.4 Å². The largest absolute Gasteiger partial charge is 0.383 e. The number of nitrogens with one attached hydrogen (secondary N) is 3. The smallest absolute Gasteiger partial charge is 0.179 e. The average Bonchev–Trinajstić information content (AvgIpc) is 3.38. The Morgan fingerprint density at radius 2 is 1.97 bits per heavy atom. The summed E-state index contributed by atoms with van der Waals surface area (Å²) in [6, 6.07) is 23.4. The topological polar surface area (TPSA) is 91.4 Å².